The molecule has 1 amide bonds. The lowest BCUT2D eigenvalue weighted by Gasteiger charge is -2.39. The molecule has 2 aliphatic carbocycles. The molecule has 2 fully saturated rings. The number of amides is 1. The Morgan fingerprint density at radius 3 is 2.23 bits per heavy atom. The van der Waals surface area contributed by atoms with E-state index in [0.717, 1.165) is 18.5 Å². The molecule has 0 aromatic heterocycles. The first-order valence-corrected chi connectivity index (χ1v) is 11.9. The Balaban J connectivity index is 1.53. The summed E-state index contributed by atoms with van der Waals surface area (Å²) in [5.74, 6) is -0.328. The van der Waals surface area contributed by atoms with Crippen LogP contribution in [-0.4, -0.2) is 22.5 Å². The number of carbonyl (C=O) groups is 2. The zero-order valence-corrected chi connectivity index (χ0v) is 20.8. The molecule has 2 aromatic carbocycles. The lowest BCUT2D eigenvalue weighted by Crippen LogP contribution is -2.43. The van der Waals surface area contributed by atoms with E-state index < -0.39 is 27.1 Å². The van der Waals surface area contributed by atoms with Gasteiger partial charge >= 0.3 is 5.97 Å². The first-order valence-electron chi connectivity index (χ1n) is 11.9. The number of nitrogens with one attached hydrogen (secondary N) is 1. The number of rotatable bonds is 6. The van der Waals surface area contributed by atoms with Crippen molar-refractivity contribution in [2.45, 2.75) is 59.8 Å². The first-order chi connectivity index (χ1) is 16.4. The highest BCUT2D eigenvalue weighted by Crippen LogP contribution is 2.71. The van der Waals surface area contributed by atoms with Crippen LogP contribution in [0, 0.1) is 26.4 Å². The molecule has 2 atom stereocenters. The van der Waals surface area contributed by atoms with Crippen molar-refractivity contribution in [3.63, 3.8) is 0 Å². The van der Waals surface area contributed by atoms with Crippen LogP contribution in [0.2, 0.25) is 0 Å². The van der Waals surface area contributed by atoms with Gasteiger partial charge in [0, 0.05) is 29.7 Å². The molecule has 8 nitrogen and oxygen atoms in total. The lowest BCUT2D eigenvalue weighted by molar-refractivity contribution is -0.384. The summed E-state index contributed by atoms with van der Waals surface area (Å²) in [6, 6.07) is 13.1. The summed E-state index contributed by atoms with van der Waals surface area (Å²) >= 11 is 0. The molecule has 2 bridgehead atoms. The van der Waals surface area contributed by atoms with E-state index in [1.165, 1.54) is 29.8 Å². The van der Waals surface area contributed by atoms with Crippen molar-refractivity contribution in [2.24, 2.45) is 21.4 Å². The Kier molecular flexibility index (Phi) is 6.03. The molecule has 2 saturated carbocycles. The molecular weight excluding hydrogens is 446 g/mol. The molecule has 2 unspecified atom stereocenters. The van der Waals surface area contributed by atoms with E-state index in [2.05, 4.69) is 45.1 Å². The SMILES string of the molecule is CC(C)c1ccc(NC(=O)C23CCC(C)(C(=NOC(=O)c4ccc([N+](=O)[O-])cc4)C2)C3(C)C)cc1. The Labute approximate surface area is 204 Å². The minimum absolute atomic E-state index is 0.0459. The molecule has 1 N–H and O–H groups in total. The van der Waals surface area contributed by atoms with Gasteiger partial charge in [-0.25, -0.2) is 4.79 Å². The third kappa shape index (κ3) is 3.90. The Hall–Kier alpha value is -3.55. The van der Waals surface area contributed by atoms with Crippen LogP contribution in [0.1, 0.15) is 75.7 Å². The van der Waals surface area contributed by atoms with E-state index in [4.69, 9.17) is 4.84 Å². The number of nitro benzene ring substituents is 1. The van der Waals surface area contributed by atoms with Crippen LogP contribution in [0.15, 0.2) is 53.7 Å². The van der Waals surface area contributed by atoms with Crippen LogP contribution in [0.4, 0.5) is 11.4 Å². The maximum Gasteiger partial charge on any atom is 0.365 e. The summed E-state index contributed by atoms with van der Waals surface area (Å²) in [6.07, 6.45) is 1.88. The molecule has 0 aliphatic heterocycles. The number of anilines is 1. The van der Waals surface area contributed by atoms with E-state index in [0.29, 0.717) is 18.1 Å². The smallest absolute Gasteiger partial charge is 0.326 e. The van der Waals surface area contributed by atoms with Gasteiger partial charge in [-0.15, -0.1) is 0 Å². The van der Waals surface area contributed by atoms with Crippen molar-refractivity contribution in [2.75, 3.05) is 5.32 Å². The average molecular weight is 478 g/mol. The largest absolute Gasteiger partial charge is 0.365 e. The number of nitrogens with zero attached hydrogens (tertiary/aromatic N) is 2. The van der Waals surface area contributed by atoms with Gasteiger partial charge < -0.3 is 10.2 Å². The minimum Gasteiger partial charge on any atom is -0.326 e. The second kappa shape index (κ2) is 8.59. The highest BCUT2D eigenvalue weighted by molar-refractivity contribution is 6.06. The molecule has 0 spiro atoms. The van der Waals surface area contributed by atoms with Crippen LogP contribution in [-0.2, 0) is 9.63 Å². The summed E-state index contributed by atoms with van der Waals surface area (Å²) in [6.45, 7) is 10.5. The van der Waals surface area contributed by atoms with Gasteiger partial charge in [-0.05, 0) is 54.0 Å². The van der Waals surface area contributed by atoms with Gasteiger partial charge in [0.1, 0.15) is 0 Å². The summed E-state index contributed by atoms with van der Waals surface area (Å²) in [5.41, 5.74) is 1.24. The number of non-ortho nitro benzene ring substituents is 1. The van der Waals surface area contributed by atoms with Crippen molar-refractivity contribution >= 4 is 29.0 Å². The van der Waals surface area contributed by atoms with Gasteiger partial charge in [0.2, 0.25) is 5.91 Å². The van der Waals surface area contributed by atoms with E-state index in [-0.39, 0.29) is 17.2 Å². The molecule has 0 saturated heterocycles. The fraction of sp³-hybridized carbons (Fsp3) is 0.444. The summed E-state index contributed by atoms with van der Waals surface area (Å²) in [4.78, 5) is 41.7. The molecule has 35 heavy (non-hydrogen) atoms. The number of hydrogen-bond acceptors (Lipinski definition) is 6. The van der Waals surface area contributed by atoms with Gasteiger partial charge in [0.05, 0.1) is 21.6 Å². The van der Waals surface area contributed by atoms with Gasteiger partial charge in [0.15, 0.2) is 0 Å². The Morgan fingerprint density at radius 1 is 1.03 bits per heavy atom. The zero-order valence-electron chi connectivity index (χ0n) is 20.8. The van der Waals surface area contributed by atoms with E-state index in [9.17, 15) is 19.7 Å². The average Bonchev–Trinajstić information content (AvgIpc) is 3.13. The maximum atomic E-state index is 13.6. The van der Waals surface area contributed by atoms with Crippen molar-refractivity contribution in [1.82, 2.24) is 0 Å². The Morgan fingerprint density at radius 2 is 1.66 bits per heavy atom. The summed E-state index contributed by atoms with van der Waals surface area (Å²) in [7, 11) is 0. The number of oxime groups is 1. The third-order valence-electron chi connectivity index (χ3n) is 8.56. The topological polar surface area (TPSA) is 111 Å². The normalized spacial score (nSPS) is 25.6. The molecule has 0 heterocycles. The molecule has 184 valence electrons. The summed E-state index contributed by atoms with van der Waals surface area (Å²) in [5, 5.41) is 18.2. The zero-order chi connectivity index (χ0) is 25.6. The summed E-state index contributed by atoms with van der Waals surface area (Å²) < 4.78 is 0. The second-order valence-electron chi connectivity index (χ2n) is 10.7. The highest BCUT2D eigenvalue weighted by Gasteiger charge is 2.71. The predicted octanol–water partition coefficient (Wildman–Crippen LogP) is 6.09. The van der Waals surface area contributed by atoms with Crippen molar-refractivity contribution < 1.29 is 19.3 Å². The van der Waals surface area contributed by atoms with E-state index in [1.54, 1.807) is 0 Å². The number of benzene rings is 2. The molecule has 4 rings (SSSR count). The van der Waals surface area contributed by atoms with Gasteiger partial charge in [0.25, 0.3) is 5.69 Å². The van der Waals surface area contributed by atoms with Crippen molar-refractivity contribution in [1.29, 1.82) is 0 Å². The molecule has 2 aromatic rings. The fourth-order valence-electron chi connectivity index (χ4n) is 5.59. The number of carbonyl (C=O) groups excluding carboxylic acids is 2. The van der Waals surface area contributed by atoms with Crippen LogP contribution in [0.3, 0.4) is 0 Å². The molecule has 0 radical (unpaired) electrons. The first kappa shape index (κ1) is 24.6. The van der Waals surface area contributed by atoms with Crippen molar-refractivity contribution in [3.8, 4) is 0 Å². The predicted molar refractivity (Wildman–Crippen MR) is 133 cm³/mol. The van der Waals surface area contributed by atoms with Gasteiger partial charge in [-0.2, -0.15) is 0 Å². The second-order valence-corrected chi connectivity index (χ2v) is 10.7. The van der Waals surface area contributed by atoms with Gasteiger partial charge in [-0.3, -0.25) is 14.9 Å². The van der Waals surface area contributed by atoms with Gasteiger partial charge in [-0.1, -0.05) is 51.9 Å². The molecule has 2 aliphatic rings. The van der Waals surface area contributed by atoms with Crippen LogP contribution >= 0.6 is 0 Å². The van der Waals surface area contributed by atoms with Crippen LogP contribution in [0.5, 0.6) is 0 Å². The van der Waals surface area contributed by atoms with E-state index >= 15 is 0 Å². The maximum absolute atomic E-state index is 13.6. The number of fused-ring (bicyclic) bond motifs is 2. The third-order valence-corrected chi connectivity index (χ3v) is 8.56. The quantitative estimate of drug-likeness (QED) is 0.308. The lowest BCUT2D eigenvalue weighted by atomic mass is 9.64. The van der Waals surface area contributed by atoms with E-state index in [1.807, 2.05) is 24.3 Å². The standard InChI is InChI=1S/C27H31N3O5/c1-17(2)18-6-10-20(11-7-18)28-24(32)27-15-14-26(5,25(27,3)4)22(16-27)29-35-23(31)19-8-12-21(13-9-19)30(33)34/h6-13,17H,14-16H2,1-5H3,(H,28,32). The number of nitro groups is 1. The fourth-order valence-corrected chi connectivity index (χ4v) is 5.59. The molecular formula is C27H31N3O5. The Bertz CT molecular complexity index is 1200. The van der Waals surface area contributed by atoms with Crippen LogP contribution < -0.4 is 5.32 Å². The monoisotopic (exact) mass is 477 g/mol. The minimum atomic E-state index is -0.694. The number of hydrogen-bond donors (Lipinski definition) is 1. The van der Waals surface area contributed by atoms with Crippen molar-refractivity contribution in [3.05, 3.63) is 69.8 Å². The van der Waals surface area contributed by atoms with Crippen LogP contribution in [0.25, 0.3) is 0 Å². The molecule has 8 heteroatoms. The highest BCUT2D eigenvalue weighted by atomic mass is 16.7.